The van der Waals surface area contributed by atoms with Crippen LogP contribution in [0, 0.1) is 5.92 Å². The molecule has 0 radical (unpaired) electrons. The summed E-state index contributed by atoms with van der Waals surface area (Å²) < 4.78 is 43.7. The van der Waals surface area contributed by atoms with E-state index in [1.807, 2.05) is 4.90 Å². The molecule has 11 nitrogen and oxygen atoms in total. The third-order valence-corrected chi connectivity index (χ3v) is 8.28. The molecule has 1 aromatic carbocycles. The molecule has 3 aliphatic rings. The van der Waals surface area contributed by atoms with Gasteiger partial charge in [0.2, 0.25) is 23.6 Å². The highest BCUT2D eigenvalue weighted by Gasteiger charge is 2.51. The lowest BCUT2D eigenvalue weighted by Crippen LogP contribution is -2.57. The van der Waals surface area contributed by atoms with Gasteiger partial charge in [0, 0.05) is 32.4 Å². The Morgan fingerprint density at radius 1 is 1.05 bits per heavy atom. The molecule has 1 aliphatic carbocycles. The van der Waals surface area contributed by atoms with Crippen LogP contribution in [0.3, 0.4) is 0 Å². The molecule has 3 amide bonds. The fraction of sp³-hybridized carbons (Fsp3) is 0.667. The number of ketones is 1. The van der Waals surface area contributed by atoms with Crippen molar-refractivity contribution >= 4 is 23.5 Å². The van der Waals surface area contributed by atoms with Crippen LogP contribution in [-0.2, 0) is 35.1 Å². The Hall–Kier alpha value is -3.16. The smallest absolute Gasteiger partial charge is 0.248 e. The fourth-order valence-corrected chi connectivity index (χ4v) is 5.52. The number of methoxy groups -OCH3 is 1. The van der Waals surface area contributed by atoms with Gasteiger partial charge in [0.05, 0.1) is 39.5 Å². The van der Waals surface area contributed by atoms with Gasteiger partial charge in [0.25, 0.3) is 0 Å². The first-order chi connectivity index (χ1) is 20.4. The van der Waals surface area contributed by atoms with E-state index in [2.05, 4.69) is 16.0 Å². The largest absolute Gasteiger partial charge is 0.497 e. The van der Waals surface area contributed by atoms with Gasteiger partial charge in [-0.3, -0.25) is 24.1 Å². The molecule has 4 rings (SSSR count). The summed E-state index contributed by atoms with van der Waals surface area (Å²) in [6, 6.07) is 3.82. The van der Waals surface area contributed by atoms with Crippen molar-refractivity contribution in [2.75, 3.05) is 46.6 Å². The summed E-state index contributed by atoms with van der Waals surface area (Å²) >= 11 is 0. The summed E-state index contributed by atoms with van der Waals surface area (Å²) in [7, 11) is 1.53. The van der Waals surface area contributed by atoms with Crippen LogP contribution in [0.1, 0.15) is 45.1 Å². The maximum atomic E-state index is 13.9. The van der Waals surface area contributed by atoms with Crippen molar-refractivity contribution in [2.24, 2.45) is 5.92 Å². The lowest BCUT2D eigenvalue weighted by Gasteiger charge is -2.27. The molecule has 0 aromatic heterocycles. The third-order valence-electron chi connectivity index (χ3n) is 8.28. The zero-order chi connectivity index (χ0) is 31.2. The van der Waals surface area contributed by atoms with Gasteiger partial charge < -0.3 is 30.2 Å². The van der Waals surface area contributed by atoms with Gasteiger partial charge in [-0.25, -0.2) is 8.78 Å². The number of hydrogen-bond donors (Lipinski definition) is 3. The fourth-order valence-electron chi connectivity index (χ4n) is 5.52. The third kappa shape index (κ3) is 9.41. The van der Waals surface area contributed by atoms with E-state index in [0.29, 0.717) is 37.6 Å². The monoisotopic (exact) mass is 608 g/mol. The van der Waals surface area contributed by atoms with Crippen LogP contribution in [-0.4, -0.2) is 105 Å². The van der Waals surface area contributed by atoms with Gasteiger partial charge in [-0.2, -0.15) is 0 Å². The number of amides is 3. The molecule has 1 saturated carbocycles. The van der Waals surface area contributed by atoms with Crippen LogP contribution >= 0.6 is 0 Å². The molecule has 2 heterocycles. The normalized spacial score (nSPS) is 25.2. The lowest BCUT2D eigenvalue weighted by atomic mass is 9.90. The molecule has 3 N–H and O–H groups in total. The molecule has 43 heavy (non-hydrogen) atoms. The predicted molar refractivity (Wildman–Crippen MR) is 152 cm³/mol. The summed E-state index contributed by atoms with van der Waals surface area (Å²) in [4.78, 5) is 54.6. The number of epoxide rings is 1. The summed E-state index contributed by atoms with van der Waals surface area (Å²) in [5.74, 6) is -4.56. The van der Waals surface area contributed by atoms with Crippen LogP contribution in [0.4, 0.5) is 8.78 Å². The molecular weight excluding hydrogens is 566 g/mol. The molecule has 2 saturated heterocycles. The van der Waals surface area contributed by atoms with E-state index in [1.165, 1.54) is 14.0 Å². The number of ether oxygens (including phenoxy) is 3. The van der Waals surface area contributed by atoms with Gasteiger partial charge >= 0.3 is 0 Å². The van der Waals surface area contributed by atoms with Crippen LogP contribution < -0.4 is 20.7 Å². The zero-order valence-electron chi connectivity index (χ0n) is 25.0. The highest BCUT2D eigenvalue weighted by atomic mass is 19.3. The highest BCUT2D eigenvalue weighted by molar-refractivity contribution is 5.98. The number of alkyl halides is 2. The van der Waals surface area contributed by atoms with E-state index in [1.54, 1.807) is 31.2 Å². The van der Waals surface area contributed by atoms with E-state index in [4.69, 9.17) is 14.2 Å². The lowest BCUT2D eigenvalue weighted by molar-refractivity contribution is -0.134. The minimum Gasteiger partial charge on any atom is -0.497 e. The topological polar surface area (TPSA) is 139 Å². The van der Waals surface area contributed by atoms with E-state index >= 15 is 0 Å². The number of Topliss-reactive ketones (excluding diaryl/α,β-unsaturated/α-hetero) is 1. The first-order valence-electron chi connectivity index (χ1n) is 14.8. The number of rotatable bonds is 14. The number of morpholine rings is 1. The van der Waals surface area contributed by atoms with E-state index in [9.17, 15) is 28.0 Å². The van der Waals surface area contributed by atoms with Gasteiger partial charge in [-0.05, 0) is 50.3 Å². The molecule has 3 fully saturated rings. The van der Waals surface area contributed by atoms with Gasteiger partial charge in [-0.15, -0.1) is 0 Å². The van der Waals surface area contributed by atoms with Crippen molar-refractivity contribution in [3.05, 3.63) is 29.8 Å². The number of carbonyl (C=O) groups is 4. The van der Waals surface area contributed by atoms with Gasteiger partial charge in [0.1, 0.15) is 23.4 Å². The predicted octanol–water partition coefficient (Wildman–Crippen LogP) is 1.23. The van der Waals surface area contributed by atoms with Crippen molar-refractivity contribution in [3.8, 4) is 5.75 Å². The second-order valence-corrected chi connectivity index (χ2v) is 11.9. The van der Waals surface area contributed by atoms with Gasteiger partial charge in [0.15, 0.2) is 5.78 Å². The number of benzene rings is 1. The second kappa shape index (κ2) is 14.1. The van der Waals surface area contributed by atoms with Crippen LogP contribution in [0.25, 0.3) is 0 Å². The maximum absolute atomic E-state index is 13.9. The van der Waals surface area contributed by atoms with Crippen LogP contribution in [0.2, 0.25) is 0 Å². The number of hydrogen-bond acceptors (Lipinski definition) is 8. The summed E-state index contributed by atoms with van der Waals surface area (Å²) in [6.07, 6.45) is -0.232. The Balaban J connectivity index is 1.45. The summed E-state index contributed by atoms with van der Waals surface area (Å²) in [6.45, 7) is 5.71. The number of carbonyl (C=O) groups excluding carboxylic acids is 4. The Labute approximate surface area is 250 Å². The van der Waals surface area contributed by atoms with Crippen LogP contribution in [0.5, 0.6) is 5.75 Å². The van der Waals surface area contributed by atoms with E-state index < -0.39 is 47.4 Å². The molecule has 2 aliphatic heterocycles. The van der Waals surface area contributed by atoms with Crippen molar-refractivity contribution in [1.82, 2.24) is 20.9 Å². The Kier molecular flexibility index (Phi) is 10.7. The maximum Gasteiger partial charge on any atom is 0.248 e. The average Bonchev–Trinajstić information content (AvgIpc) is 3.64. The molecule has 5 atom stereocenters. The molecule has 13 heteroatoms. The SMILES string of the molecule is COc1ccc(C[C@H](NC(=O)[C@H](C)NC(=O)CN2CCOCC2)C(=O)N[C@@H](C[C@H]2CCC(F)(F)C2)C(=O)[C@]2(C)CO2)cc1. The summed E-state index contributed by atoms with van der Waals surface area (Å²) in [5.41, 5.74) is -0.367. The highest BCUT2D eigenvalue weighted by Crippen LogP contribution is 2.41. The van der Waals surface area contributed by atoms with Crippen molar-refractivity contribution in [1.29, 1.82) is 0 Å². The van der Waals surface area contributed by atoms with E-state index in [-0.39, 0.29) is 56.9 Å². The molecular formula is C30H42F2N4O7. The Morgan fingerprint density at radius 3 is 2.28 bits per heavy atom. The Morgan fingerprint density at radius 2 is 1.70 bits per heavy atom. The quantitative estimate of drug-likeness (QED) is 0.268. The first-order valence-corrected chi connectivity index (χ1v) is 14.8. The van der Waals surface area contributed by atoms with Crippen molar-refractivity contribution < 1.29 is 42.2 Å². The number of nitrogens with zero attached hydrogens (tertiary/aromatic N) is 1. The number of halogens is 2. The number of nitrogens with one attached hydrogen (secondary N) is 3. The standard InChI is InChI=1S/C30H42F2N4O7/c1-19(33-25(37)17-36-10-12-42-13-11-36)27(39)35-24(14-20-4-6-22(41-3)7-5-20)28(40)34-23(26(38)29(2)18-43-29)15-21-8-9-30(31,32)16-21/h4-7,19,21,23-24H,8-18H2,1-3H3,(H,33,37)(H,34,40)(H,35,39)/t19-,21+,23-,24-,29-/m0/s1. The van der Waals surface area contributed by atoms with Gasteiger partial charge in [-0.1, -0.05) is 12.1 Å². The molecule has 0 spiro atoms. The molecule has 238 valence electrons. The zero-order valence-corrected chi connectivity index (χ0v) is 25.0. The Bertz CT molecular complexity index is 1160. The molecule has 0 unspecified atom stereocenters. The van der Waals surface area contributed by atoms with Crippen LogP contribution in [0.15, 0.2) is 24.3 Å². The average molecular weight is 609 g/mol. The molecule has 0 bridgehead atoms. The van der Waals surface area contributed by atoms with E-state index in [0.717, 1.165) is 0 Å². The second-order valence-electron chi connectivity index (χ2n) is 11.9. The molecule has 1 aromatic rings. The minimum absolute atomic E-state index is 0.0519. The minimum atomic E-state index is -2.80. The summed E-state index contributed by atoms with van der Waals surface area (Å²) in [5, 5.41) is 8.13. The van der Waals surface area contributed by atoms with Crippen molar-refractivity contribution in [3.63, 3.8) is 0 Å². The first kappa shape index (κ1) is 32.7. The van der Waals surface area contributed by atoms with Crippen molar-refractivity contribution in [2.45, 2.75) is 75.6 Å².